The van der Waals surface area contributed by atoms with E-state index in [9.17, 15) is 18.8 Å². The van der Waals surface area contributed by atoms with Gasteiger partial charge in [-0.05, 0) is 42.8 Å². The molecule has 2 aromatic rings. The summed E-state index contributed by atoms with van der Waals surface area (Å²) >= 11 is 0. The summed E-state index contributed by atoms with van der Waals surface area (Å²) in [5.41, 5.74) is 1.67. The van der Waals surface area contributed by atoms with Crippen molar-refractivity contribution < 1.29 is 18.8 Å². The molecule has 0 radical (unpaired) electrons. The molecule has 1 N–H and O–H groups in total. The molecule has 126 valence electrons. The zero-order valence-electron chi connectivity index (χ0n) is 13.3. The van der Waals surface area contributed by atoms with Crippen molar-refractivity contribution in [1.82, 2.24) is 5.32 Å². The fraction of sp³-hybridized carbons (Fsp3) is 0.111. The van der Waals surface area contributed by atoms with Gasteiger partial charge < -0.3 is 0 Å². The number of carbonyl (C=O) groups is 3. The van der Waals surface area contributed by atoms with Crippen LogP contribution in [0.5, 0.6) is 0 Å². The summed E-state index contributed by atoms with van der Waals surface area (Å²) < 4.78 is 13.1. The third-order valence-corrected chi connectivity index (χ3v) is 3.77. The number of aliphatic imine (C=N–C) groups is 1. The maximum absolute atomic E-state index is 13.1. The van der Waals surface area contributed by atoms with Crippen molar-refractivity contribution in [3.63, 3.8) is 0 Å². The molecule has 25 heavy (non-hydrogen) atoms. The zero-order valence-corrected chi connectivity index (χ0v) is 13.3. The minimum absolute atomic E-state index is 0.172. The lowest BCUT2D eigenvalue weighted by Gasteiger charge is -2.28. The number of hydrogen-bond acceptors (Lipinski definition) is 4. The van der Waals surface area contributed by atoms with Gasteiger partial charge in [-0.15, -0.1) is 0 Å². The summed E-state index contributed by atoms with van der Waals surface area (Å²) in [6.45, 7) is 1.85. The van der Waals surface area contributed by atoms with Crippen molar-refractivity contribution >= 4 is 35.4 Å². The minimum atomic E-state index is -1.25. The van der Waals surface area contributed by atoms with Crippen LogP contribution in [0.2, 0.25) is 0 Å². The van der Waals surface area contributed by atoms with E-state index in [1.54, 1.807) is 12.1 Å². The number of barbiturate groups is 1. The van der Waals surface area contributed by atoms with Crippen LogP contribution < -0.4 is 10.2 Å². The van der Waals surface area contributed by atoms with Gasteiger partial charge in [0.15, 0.2) is 5.92 Å². The third-order valence-electron chi connectivity index (χ3n) is 3.77. The highest BCUT2D eigenvalue weighted by atomic mass is 19.1. The summed E-state index contributed by atoms with van der Waals surface area (Å²) in [6, 6.07) is 11.2. The van der Waals surface area contributed by atoms with Gasteiger partial charge in [0, 0.05) is 6.21 Å². The molecule has 0 aliphatic carbocycles. The van der Waals surface area contributed by atoms with Crippen molar-refractivity contribution in [2.45, 2.75) is 6.92 Å². The molecule has 0 unspecified atom stereocenters. The maximum atomic E-state index is 13.1. The number of carbonyl (C=O) groups excluding carboxylic acids is 3. The van der Waals surface area contributed by atoms with Gasteiger partial charge >= 0.3 is 6.03 Å². The number of benzene rings is 2. The number of para-hydroxylation sites is 1. The Labute approximate surface area is 143 Å². The van der Waals surface area contributed by atoms with Gasteiger partial charge in [-0.25, -0.2) is 14.1 Å². The molecule has 4 amide bonds. The standard InChI is InChI=1S/C18H14FN3O3/c1-11-4-2-3-5-15(11)20-10-14-16(23)21-18(25)22(17(14)24)13-8-6-12(19)7-9-13/h2-10,14H,1H3,(H,21,23,25)/t14-/m0/s1. The van der Waals surface area contributed by atoms with E-state index in [1.165, 1.54) is 18.3 Å². The fourth-order valence-electron chi connectivity index (χ4n) is 2.42. The fourth-order valence-corrected chi connectivity index (χ4v) is 2.42. The highest BCUT2D eigenvalue weighted by molar-refractivity contribution is 6.32. The molecule has 1 atom stereocenters. The topological polar surface area (TPSA) is 78.8 Å². The lowest BCUT2D eigenvalue weighted by atomic mass is 10.1. The highest BCUT2D eigenvalue weighted by Crippen LogP contribution is 2.22. The second-order valence-corrected chi connectivity index (χ2v) is 5.49. The van der Waals surface area contributed by atoms with E-state index in [1.807, 2.05) is 19.1 Å². The van der Waals surface area contributed by atoms with E-state index in [0.717, 1.165) is 22.6 Å². The van der Waals surface area contributed by atoms with Gasteiger partial charge in [0.25, 0.3) is 5.91 Å². The van der Waals surface area contributed by atoms with Crippen LogP contribution in [0.1, 0.15) is 5.56 Å². The Morgan fingerprint density at radius 2 is 1.76 bits per heavy atom. The van der Waals surface area contributed by atoms with Gasteiger partial charge in [-0.1, -0.05) is 18.2 Å². The molecule has 6 nitrogen and oxygen atoms in total. The van der Waals surface area contributed by atoms with Crippen molar-refractivity contribution in [2.24, 2.45) is 10.9 Å². The molecule has 1 saturated heterocycles. The van der Waals surface area contributed by atoms with Crippen molar-refractivity contribution in [1.29, 1.82) is 0 Å². The molecule has 1 aliphatic rings. The van der Waals surface area contributed by atoms with Gasteiger partial charge in [-0.3, -0.25) is 19.9 Å². The third kappa shape index (κ3) is 3.30. The first-order chi connectivity index (χ1) is 12.0. The van der Waals surface area contributed by atoms with Gasteiger partial charge in [0.2, 0.25) is 5.91 Å². The average molecular weight is 339 g/mol. The Morgan fingerprint density at radius 3 is 2.44 bits per heavy atom. The van der Waals surface area contributed by atoms with E-state index in [2.05, 4.69) is 10.3 Å². The number of nitrogens with one attached hydrogen (secondary N) is 1. The van der Waals surface area contributed by atoms with Gasteiger partial charge in [0.1, 0.15) is 5.82 Å². The van der Waals surface area contributed by atoms with E-state index >= 15 is 0 Å². The molecule has 0 aromatic heterocycles. The molecule has 1 heterocycles. The second-order valence-electron chi connectivity index (χ2n) is 5.49. The van der Waals surface area contributed by atoms with Crippen LogP contribution in [0.4, 0.5) is 20.6 Å². The Morgan fingerprint density at radius 1 is 1.08 bits per heavy atom. The average Bonchev–Trinajstić information content (AvgIpc) is 2.57. The summed E-state index contributed by atoms with van der Waals surface area (Å²) in [5, 5.41) is 2.12. The number of urea groups is 1. The molecule has 0 spiro atoms. The molecule has 1 fully saturated rings. The van der Waals surface area contributed by atoms with Gasteiger partial charge in [0.05, 0.1) is 11.4 Å². The number of amides is 4. The van der Waals surface area contributed by atoms with Crippen LogP contribution in [0.25, 0.3) is 0 Å². The largest absolute Gasteiger partial charge is 0.335 e. The molecule has 0 bridgehead atoms. The van der Waals surface area contributed by atoms with Gasteiger partial charge in [-0.2, -0.15) is 0 Å². The molecular weight excluding hydrogens is 325 g/mol. The maximum Gasteiger partial charge on any atom is 0.335 e. The molecule has 3 rings (SSSR count). The smallest absolute Gasteiger partial charge is 0.276 e. The second kappa shape index (κ2) is 6.64. The Kier molecular flexibility index (Phi) is 4.38. The van der Waals surface area contributed by atoms with Crippen LogP contribution in [0.15, 0.2) is 53.5 Å². The summed E-state index contributed by atoms with van der Waals surface area (Å²) in [7, 11) is 0. The minimum Gasteiger partial charge on any atom is -0.276 e. The first kappa shape index (κ1) is 16.5. The van der Waals surface area contributed by atoms with Crippen molar-refractivity contribution in [3.8, 4) is 0 Å². The van der Waals surface area contributed by atoms with Crippen LogP contribution >= 0.6 is 0 Å². The molecule has 2 aromatic carbocycles. The van der Waals surface area contributed by atoms with Crippen molar-refractivity contribution in [2.75, 3.05) is 4.90 Å². The van der Waals surface area contributed by atoms with E-state index in [-0.39, 0.29) is 5.69 Å². The SMILES string of the molecule is Cc1ccccc1N=C[C@H]1C(=O)NC(=O)N(c2ccc(F)cc2)C1=O. The number of nitrogens with zero attached hydrogens (tertiary/aromatic N) is 2. The number of hydrogen-bond donors (Lipinski definition) is 1. The summed E-state index contributed by atoms with van der Waals surface area (Å²) in [4.78, 5) is 41.6. The Balaban J connectivity index is 1.90. The first-order valence-corrected chi connectivity index (χ1v) is 7.51. The number of halogens is 1. The van der Waals surface area contributed by atoms with Crippen LogP contribution in [-0.2, 0) is 9.59 Å². The number of aryl methyl sites for hydroxylation is 1. The Hall–Kier alpha value is -3.35. The first-order valence-electron chi connectivity index (χ1n) is 7.51. The molecule has 7 heteroatoms. The number of imide groups is 2. The zero-order chi connectivity index (χ0) is 18.0. The molecular formula is C18H14FN3O3. The molecule has 0 saturated carbocycles. The predicted molar refractivity (Wildman–Crippen MR) is 90.2 cm³/mol. The number of rotatable bonds is 3. The normalized spacial score (nSPS) is 17.9. The Bertz CT molecular complexity index is 877. The van der Waals surface area contributed by atoms with Crippen LogP contribution in [-0.4, -0.2) is 24.1 Å². The lowest BCUT2D eigenvalue weighted by molar-refractivity contribution is -0.131. The van der Waals surface area contributed by atoms with E-state index in [4.69, 9.17) is 0 Å². The lowest BCUT2D eigenvalue weighted by Crippen LogP contribution is -2.58. The van der Waals surface area contributed by atoms with Crippen molar-refractivity contribution in [3.05, 3.63) is 59.9 Å². The van der Waals surface area contributed by atoms with Crippen LogP contribution in [0.3, 0.4) is 0 Å². The van der Waals surface area contributed by atoms with E-state index < -0.39 is 29.6 Å². The highest BCUT2D eigenvalue weighted by Gasteiger charge is 2.40. The van der Waals surface area contributed by atoms with Crippen LogP contribution in [0, 0.1) is 18.7 Å². The quantitative estimate of drug-likeness (QED) is 0.690. The monoisotopic (exact) mass is 339 g/mol. The predicted octanol–water partition coefficient (Wildman–Crippen LogP) is 2.74. The summed E-state index contributed by atoms with van der Waals surface area (Å²) in [6.07, 6.45) is 1.21. The van der Waals surface area contributed by atoms with E-state index in [0.29, 0.717) is 5.69 Å². The number of anilines is 1. The molecule has 1 aliphatic heterocycles. The summed E-state index contributed by atoms with van der Waals surface area (Å²) in [5.74, 6) is -3.23.